The van der Waals surface area contributed by atoms with Crippen LogP contribution in [0.4, 0.5) is 11.4 Å². The second kappa shape index (κ2) is 6.82. The monoisotopic (exact) mass is 308 g/mol. The molecule has 0 amide bonds. The predicted molar refractivity (Wildman–Crippen MR) is 87.1 cm³/mol. The van der Waals surface area contributed by atoms with E-state index < -0.39 is 0 Å². The Morgan fingerprint density at radius 1 is 1.48 bits per heavy atom. The molecule has 2 rings (SSSR count). The smallest absolute Gasteiger partial charge is 0.319 e. The summed E-state index contributed by atoms with van der Waals surface area (Å²) in [5.74, 6) is 0. The molecular weight excluding hydrogens is 288 g/mol. The number of thiazole rings is 1. The molecule has 0 aliphatic carbocycles. The van der Waals surface area contributed by atoms with Crippen LogP contribution in [-0.2, 0) is 0 Å². The number of nitrogens with zero attached hydrogens (tertiary/aromatic N) is 3. The van der Waals surface area contributed by atoms with Crippen molar-refractivity contribution in [3.8, 4) is 0 Å². The van der Waals surface area contributed by atoms with Gasteiger partial charge in [-0.15, -0.1) is 11.3 Å². The fourth-order valence-corrected chi connectivity index (χ4v) is 2.73. The third kappa shape index (κ3) is 3.68. The standard InChI is InChI=1S/C14H20N4O2S/c1-10(2)17(3)8-4-7-15-11-5-6-12-13(16-9-21-12)14(11)18(19)20/h5-6,9-10,15H,4,7-8H2,1-3H3. The van der Waals surface area contributed by atoms with Crippen LogP contribution in [0, 0.1) is 10.1 Å². The molecule has 0 bridgehead atoms. The molecule has 0 aliphatic heterocycles. The van der Waals surface area contributed by atoms with Crippen LogP contribution >= 0.6 is 11.3 Å². The van der Waals surface area contributed by atoms with Gasteiger partial charge in [-0.25, -0.2) is 4.98 Å². The number of nitro benzene ring substituents is 1. The van der Waals surface area contributed by atoms with Crippen molar-refractivity contribution < 1.29 is 4.92 Å². The topological polar surface area (TPSA) is 71.3 Å². The van der Waals surface area contributed by atoms with E-state index in [2.05, 4.69) is 36.1 Å². The highest BCUT2D eigenvalue weighted by atomic mass is 32.1. The minimum Gasteiger partial charge on any atom is -0.379 e. The van der Waals surface area contributed by atoms with Crippen molar-refractivity contribution in [1.29, 1.82) is 0 Å². The molecule has 114 valence electrons. The van der Waals surface area contributed by atoms with Crippen LogP contribution in [0.1, 0.15) is 20.3 Å². The Bertz CT molecular complexity index is 626. The normalized spacial score (nSPS) is 11.5. The first kappa shape index (κ1) is 15.7. The average molecular weight is 308 g/mol. The molecule has 0 fully saturated rings. The number of benzene rings is 1. The molecular formula is C14H20N4O2S. The van der Waals surface area contributed by atoms with Crippen molar-refractivity contribution in [2.45, 2.75) is 26.3 Å². The predicted octanol–water partition coefficient (Wildman–Crippen LogP) is 3.35. The van der Waals surface area contributed by atoms with E-state index in [0.29, 0.717) is 23.8 Å². The van der Waals surface area contributed by atoms with E-state index in [0.717, 1.165) is 17.7 Å². The van der Waals surface area contributed by atoms with Gasteiger partial charge in [0, 0.05) is 12.6 Å². The van der Waals surface area contributed by atoms with Gasteiger partial charge < -0.3 is 10.2 Å². The van der Waals surface area contributed by atoms with Gasteiger partial charge in [-0.2, -0.15) is 0 Å². The second-order valence-electron chi connectivity index (χ2n) is 5.27. The van der Waals surface area contributed by atoms with E-state index in [9.17, 15) is 10.1 Å². The van der Waals surface area contributed by atoms with Crippen LogP contribution in [0.5, 0.6) is 0 Å². The third-order valence-electron chi connectivity index (χ3n) is 3.54. The van der Waals surface area contributed by atoms with Gasteiger partial charge in [-0.05, 0) is 46.0 Å². The van der Waals surface area contributed by atoms with Gasteiger partial charge in [0.15, 0.2) is 5.52 Å². The summed E-state index contributed by atoms with van der Waals surface area (Å²) in [5.41, 5.74) is 2.73. The fourth-order valence-electron chi connectivity index (χ4n) is 2.05. The van der Waals surface area contributed by atoms with Gasteiger partial charge in [-0.3, -0.25) is 10.1 Å². The second-order valence-corrected chi connectivity index (χ2v) is 6.16. The zero-order valence-corrected chi connectivity index (χ0v) is 13.3. The SMILES string of the molecule is CC(C)N(C)CCCNc1ccc2scnc2c1[N+](=O)[O-]. The molecule has 6 nitrogen and oxygen atoms in total. The Kier molecular flexibility index (Phi) is 5.08. The van der Waals surface area contributed by atoms with E-state index in [1.165, 1.54) is 11.3 Å². The van der Waals surface area contributed by atoms with Crippen molar-refractivity contribution in [3.05, 3.63) is 27.8 Å². The van der Waals surface area contributed by atoms with Crippen LogP contribution in [0.2, 0.25) is 0 Å². The fraction of sp³-hybridized carbons (Fsp3) is 0.500. The Labute approximate surface area is 127 Å². The number of anilines is 1. The Hall–Kier alpha value is -1.73. The summed E-state index contributed by atoms with van der Waals surface area (Å²) in [7, 11) is 2.08. The maximum absolute atomic E-state index is 11.3. The molecule has 0 radical (unpaired) electrons. The lowest BCUT2D eigenvalue weighted by Gasteiger charge is -2.20. The molecule has 2 aromatic rings. The van der Waals surface area contributed by atoms with E-state index in [-0.39, 0.29) is 10.6 Å². The summed E-state index contributed by atoms with van der Waals surface area (Å²) >= 11 is 1.41. The highest BCUT2D eigenvalue weighted by molar-refractivity contribution is 7.16. The van der Waals surface area contributed by atoms with E-state index in [1.54, 1.807) is 11.6 Å². The lowest BCUT2D eigenvalue weighted by molar-refractivity contribution is -0.382. The molecule has 0 aliphatic rings. The minimum atomic E-state index is -0.357. The molecule has 0 spiro atoms. The summed E-state index contributed by atoms with van der Waals surface area (Å²) in [6.45, 7) is 5.95. The lowest BCUT2D eigenvalue weighted by atomic mass is 10.2. The lowest BCUT2D eigenvalue weighted by Crippen LogP contribution is -2.28. The van der Waals surface area contributed by atoms with Crippen molar-refractivity contribution in [2.75, 3.05) is 25.5 Å². The summed E-state index contributed by atoms with van der Waals surface area (Å²) in [6, 6.07) is 4.15. The maximum atomic E-state index is 11.3. The zero-order valence-electron chi connectivity index (χ0n) is 12.5. The van der Waals surface area contributed by atoms with Gasteiger partial charge in [-0.1, -0.05) is 0 Å². The number of aromatic nitrogens is 1. The Balaban J connectivity index is 2.05. The van der Waals surface area contributed by atoms with Crippen LogP contribution < -0.4 is 5.32 Å². The first-order valence-corrected chi connectivity index (χ1v) is 7.83. The molecule has 1 N–H and O–H groups in total. The number of fused-ring (bicyclic) bond motifs is 1. The first-order valence-electron chi connectivity index (χ1n) is 6.95. The molecule has 1 aromatic carbocycles. The molecule has 0 saturated heterocycles. The highest BCUT2D eigenvalue weighted by Gasteiger charge is 2.20. The molecule has 0 unspecified atom stereocenters. The van der Waals surface area contributed by atoms with E-state index in [1.807, 2.05) is 6.07 Å². The molecule has 0 saturated carbocycles. The van der Waals surface area contributed by atoms with Crippen molar-refractivity contribution in [3.63, 3.8) is 0 Å². The quantitative estimate of drug-likeness (QED) is 0.482. The molecule has 0 atom stereocenters. The number of hydrogen-bond donors (Lipinski definition) is 1. The average Bonchev–Trinajstić information content (AvgIpc) is 2.90. The summed E-state index contributed by atoms with van der Waals surface area (Å²) in [4.78, 5) is 17.3. The van der Waals surface area contributed by atoms with Crippen molar-refractivity contribution in [2.24, 2.45) is 0 Å². The number of nitro groups is 1. The molecule has 21 heavy (non-hydrogen) atoms. The number of rotatable bonds is 7. The van der Waals surface area contributed by atoms with Gasteiger partial charge in [0.25, 0.3) is 0 Å². The molecule has 1 aromatic heterocycles. The van der Waals surface area contributed by atoms with E-state index in [4.69, 9.17) is 0 Å². The van der Waals surface area contributed by atoms with Crippen molar-refractivity contribution in [1.82, 2.24) is 9.88 Å². The molecule has 7 heteroatoms. The van der Waals surface area contributed by atoms with Gasteiger partial charge in [0.05, 0.1) is 15.1 Å². The van der Waals surface area contributed by atoms with Gasteiger partial charge >= 0.3 is 5.69 Å². The highest BCUT2D eigenvalue weighted by Crippen LogP contribution is 2.34. The van der Waals surface area contributed by atoms with E-state index >= 15 is 0 Å². The van der Waals surface area contributed by atoms with Crippen molar-refractivity contribution >= 4 is 32.9 Å². The molecule has 1 heterocycles. The first-order chi connectivity index (χ1) is 10.0. The number of hydrogen-bond acceptors (Lipinski definition) is 6. The van der Waals surface area contributed by atoms with Gasteiger partial charge in [0.2, 0.25) is 0 Å². The van der Waals surface area contributed by atoms with Crippen LogP contribution in [0.3, 0.4) is 0 Å². The maximum Gasteiger partial charge on any atom is 0.319 e. The van der Waals surface area contributed by atoms with Gasteiger partial charge in [0.1, 0.15) is 5.69 Å². The van der Waals surface area contributed by atoms with Crippen LogP contribution in [0.25, 0.3) is 10.2 Å². The Morgan fingerprint density at radius 2 is 2.24 bits per heavy atom. The zero-order chi connectivity index (χ0) is 15.4. The summed E-state index contributed by atoms with van der Waals surface area (Å²) < 4.78 is 0.840. The third-order valence-corrected chi connectivity index (χ3v) is 4.34. The summed E-state index contributed by atoms with van der Waals surface area (Å²) in [6.07, 6.45) is 0.931. The van der Waals surface area contributed by atoms with Crippen LogP contribution in [-0.4, -0.2) is 41.0 Å². The van der Waals surface area contributed by atoms with Crippen LogP contribution in [0.15, 0.2) is 17.6 Å². The largest absolute Gasteiger partial charge is 0.379 e. The minimum absolute atomic E-state index is 0.0750. The summed E-state index contributed by atoms with van der Waals surface area (Å²) in [5, 5.41) is 14.5. The Morgan fingerprint density at radius 3 is 2.90 bits per heavy atom. The number of nitrogens with one attached hydrogen (secondary N) is 1.